The van der Waals surface area contributed by atoms with Crippen molar-refractivity contribution in [2.24, 2.45) is 0 Å². The van der Waals surface area contributed by atoms with Gasteiger partial charge in [-0.2, -0.15) is 0 Å². The van der Waals surface area contributed by atoms with Crippen LogP contribution in [0.25, 0.3) is 0 Å². The van der Waals surface area contributed by atoms with Gasteiger partial charge < -0.3 is 4.74 Å². The summed E-state index contributed by atoms with van der Waals surface area (Å²) in [5, 5.41) is 0. The standard InChI is InChI=1S/C10H9NO2/c1-3-6-13-10(12)9-4-5-11-7-8(9)2/h1,4-5,7H,6H2,2H3. The van der Waals surface area contributed by atoms with E-state index in [9.17, 15) is 4.79 Å². The maximum Gasteiger partial charge on any atom is 0.339 e. The Morgan fingerprint density at radius 1 is 1.77 bits per heavy atom. The van der Waals surface area contributed by atoms with Gasteiger partial charge in [0.2, 0.25) is 0 Å². The molecule has 0 N–H and O–H groups in total. The molecule has 0 aliphatic heterocycles. The molecule has 0 fully saturated rings. The van der Waals surface area contributed by atoms with E-state index in [1.54, 1.807) is 25.4 Å². The predicted octanol–water partition coefficient (Wildman–Crippen LogP) is 1.18. The van der Waals surface area contributed by atoms with E-state index in [1.807, 2.05) is 0 Å². The lowest BCUT2D eigenvalue weighted by Crippen LogP contribution is -2.07. The lowest BCUT2D eigenvalue weighted by Gasteiger charge is -2.02. The fraction of sp³-hybridized carbons (Fsp3) is 0.200. The molecular weight excluding hydrogens is 166 g/mol. The van der Waals surface area contributed by atoms with E-state index in [1.165, 1.54) is 0 Å². The van der Waals surface area contributed by atoms with Crippen LogP contribution in [0.15, 0.2) is 18.5 Å². The van der Waals surface area contributed by atoms with Crippen molar-refractivity contribution in [3.8, 4) is 12.3 Å². The number of terminal acetylenes is 1. The third-order valence-electron chi connectivity index (χ3n) is 1.53. The zero-order valence-electron chi connectivity index (χ0n) is 7.28. The van der Waals surface area contributed by atoms with E-state index >= 15 is 0 Å². The van der Waals surface area contributed by atoms with Crippen molar-refractivity contribution in [3.63, 3.8) is 0 Å². The highest BCUT2D eigenvalue weighted by atomic mass is 16.5. The van der Waals surface area contributed by atoms with Gasteiger partial charge in [-0.25, -0.2) is 4.79 Å². The van der Waals surface area contributed by atoms with E-state index < -0.39 is 5.97 Å². The minimum atomic E-state index is -0.405. The summed E-state index contributed by atoms with van der Waals surface area (Å²) in [6.45, 7) is 1.79. The van der Waals surface area contributed by atoms with Gasteiger partial charge >= 0.3 is 5.97 Å². The first-order valence-electron chi connectivity index (χ1n) is 3.77. The highest BCUT2D eigenvalue weighted by Crippen LogP contribution is 2.06. The SMILES string of the molecule is C#CCOC(=O)c1ccncc1C. The molecule has 1 heterocycles. The number of aryl methyl sites for hydroxylation is 1. The fourth-order valence-electron chi connectivity index (χ4n) is 0.887. The summed E-state index contributed by atoms with van der Waals surface area (Å²) in [6.07, 6.45) is 8.10. The average molecular weight is 175 g/mol. The molecule has 3 nitrogen and oxygen atoms in total. The Hall–Kier alpha value is -1.82. The van der Waals surface area contributed by atoms with E-state index in [2.05, 4.69) is 10.9 Å². The summed E-state index contributed by atoms with van der Waals surface area (Å²) < 4.78 is 4.76. The number of hydrogen-bond donors (Lipinski definition) is 0. The summed E-state index contributed by atoms with van der Waals surface area (Å²) in [6, 6.07) is 1.61. The summed E-state index contributed by atoms with van der Waals surface area (Å²) in [7, 11) is 0. The summed E-state index contributed by atoms with van der Waals surface area (Å²) >= 11 is 0. The molecular formula is C10H9NO2. The quantitative estimate of drug-likeness (QED) is 0.500. The first kappa shape index (κ1) is 9.27. The molecule has 66 valence electrons. The molecule has 0 bridgehead atoms. The Kier molecular flexibility index (Phi) is 3.04. The lowest BCUT2D eigenvalue weighted by atomic mass is 10.2. The number of esters is 1. The Bertz CT molecular complexity index is 352. The molecule has 0 aliphatic rings. The Morgan fingerprint density at radius 2 is 2.54 bits per heavy atom. The molecule has 0 amide bonds. The van der Waals surface area contributed by atoms with Crippen molar-refractivity contribution in [1.29, 1.82) is 0 Å². The van der Waals surface area contributed by atoms with E-state index in [-0.39, 0.29) is 6.61 Å². The van der Waals surface area contributed by atoms with Gasteiger partial charge in [-0.1, -0.05) is 5.92 Å². The van der Waals surface area contributed by atoms with Crippen molar-refractivity contribution in [2.45, 2.75) is 6.92 Å². The van der Waals surface area contributed by atoms with Crippen LogP contribution in [0.4, 0.5) is 0 Å². The van der Waals surface area contributed by atoms with Gasteiger partial charge in [-0.05, 0) is 18.6 Å². The van der Waals surface area contributed by atoms with Crippen molar-refractivity contribution < 1.29 is 9.53 Å². The second-order valence-corrected chi connectivity index (χ2v) is 2.47. The molecule has 13 heavy (non-hydrogen) atoms. The number of nitrogens with zero attached hydrogens (tertiary/aromatic N) is 1. The van der Waals surface area contributed by atoms with Crippen molar-refractivity contribution in [2.75, 3.05) is 6.61 Å². The van der Waals surface area contributed by atoms with Crippen LogP contribution < -0.4 is 0 Å². The van der Waals surface area contributed by atoms with Crippen LogP contribution in [-0.4, -0.2) is 17.6 Å². The smallest absolute Gasteiger partial charge is 0.339 e. The maximum atomic E-state index is 11.3. The number of carbonyl (C=O) groups is 1. The largest absolute Gasteiger partial charge is 0.449 e. The van der Waals surface area contributed by atoms with Crippen LogP contribution in [-0.2, 0) is 4.74 Å². The second kappa shape index (κ2) is 4.27. The van der Waals surface area contributed by atoms with E-state index in [4.69, 9.17) is 11.2 Å². The van der Waals surface area contributed by atoms with Crippen LogP contribution >= 0.6 is 0 Å². The summed E-state index contributed by atoms with van der Waals surface area (Å²) in [5.41, 5.74) is 1.29. The fourth-order valence-corrected chi connectivity index (χ4v) is 0.887. The Balaban J connectivity index is 2.78. The molecule has 0 aromatic carbocycles. The number of pyridine rings is 1. The zero-order valence-corrected chi connectivity index (χ0v) is 7.28. The minimum absolute atomic E-state index is 0.000591. The third kappa shape index (κ3) is 2.31. The Labute approximate surface area is 76.8 Å². The van der Waals surface area contributed by atoms with Crippen molar-refractivity contribution in [3.05, 3.63) is 29.6 Å². The summed E-state index contributed by atoms with van der Waals surface area (Å²) in [4.78, 5) is 15.1. The van der Waals surface area contributed by atoms with Gasteiger partial charge in [0, 0.05) is 12.4 Å². The molecule has 3 heteroatoms. The zero-order chi connectivity index (χ0) is 9.68. The number of rotatable bonds is 2. The van der Waals surface area contributed by atoms with Crippen LogP contribution in [0.2, 0.25) is 0 Å². The number of ether oxygens (including phenoxy) is 1. The van der Waals surface area contributed by atoms with Gasteiger partial charge in [0.05, 0.1) is 5.56 Å². The van der Waals surface area contributed by atoms with Gasteiger partial charge in [0.25, 0.3) is 0 Å². The molecule has 0 spiro atoms. The maximum absolute atomic E-state index is 11.3. The highest BCUT2D eigenvalue weighted by molar-refractivity contribution is 5.90. The number of carbonyl (C=O) groups excluding carboxylic acids is 1. The Morgan fingerprint density at radius 3 is 3.15 bits per heavy atom. The van der Waals surface area contributed by atoms with Crippen LogP contribution in [0.3, 0.4) is 0 Å². The molecule has 1 rings (SSSR count). The lowest BCUT2D eigenvalue weighted by molar-refractivity contribution is 0.0556. The second-order valence-electron chi connectivity index (χ2n) is 2.47. The molecule has 0 radical (unpaired) electrons. The monoisotopic (exact) mass is 175 g/mol. The van der Waals surface area contributed by atoms with Gasteiger partial charge in [-0.15, -0.1) is 6.42 Å². The van der Waals surface area contributed by atoms with E-state index in [0.29, 0.717) is 5.56 Å². The first-order valence-corrected chi connectivity index (χ1v) is 3.77. The normalized spacial score (nSPS) is 8.92. The van der Waals surface area contributed by atoms with Crippen LogP contribution in [0.1, 0.15) is 15.9 Å². The molecule has 1 aromatic heterocycles. The predicted molar refractivity (Wildman–Crippen MR) is 48.1 cm³/mol. The highest BCUT2D eigenvalue weighted by Gasteiger charge is 2.08. The number of aromatic nitrogens is 1. The van der Waals surface area contributed by atoms with Gasteiger partial charge in [0.15, 0.2) is 6.61 Å². The first-order chi connectivity index (χ1) is 6.25. The molecule has 0 saturated heterocycles. The van der Waals surface area contributed by atoms with Crippen molar-refractivity contribution >= 4 is 5.97 Å². The molecule has 0 unspecified atom stereocenters. The number of hydrogen-bond acceptors (Lipinski definition) is 3. The van der Waals surface area contributed by atoms with E-state index in [0.717, 1.165) is 5.56 Å². The third-order valence-corrected chi connectivity index (χ3v) is 1.53. The van der Waals surface area contributed by atoms with Crippen molar-refractivity contribution in [1.82, 2.24) is 4.98 Å². The topological polar surface area (TPSA) is 39.2 Å². The summed E-state index contributed by atoms with van der Waals surface area (Å²) in [5.74, 6) is 1.82. The molecule has 0 saturated carbocycles. The van der Waals surface area contributed by atoms with Crippen LogP contribution in [0.5, 0.6) is 0 Å². The molecule has 0 atom stereocenters. The van der Waals surface area contributed by atoms with Crippen LogP contribution in [0, 0.1) is 19.3 Å². The van der Waals surface area contributed by atoms with Gasteiger partial charge in [0.1, 0.15) is 0 Å². The molecule has 1 aromatic rings. The molecule has 0 aliphatic carbocycles. The average Bonchev–Trinajstić information content (AvgIpc) is 2.15. The minimum Gasteiger partial charge on any atom is -0.449 e. The van der Waals surface area contributed by atoms with Gasteiger partial charge in [-0.3, -0.25) is 4.98 Å².